The normalized spacial score (nSPS) is 11.3. The average Bonchev–Trinajstić information content (AvgIpc) is 2.98. The van der Waals surface area contributed by atoms with Gasteiger partial charge in [0.05, 0.1) is 17.1 Å². The highest BCUT2D eigenvalue weighted by Crippen LogP contribution is 2.25. The summed E-state index contributed by atoms with van der Waals surface area (Å²) in [5.74, 6) is -0.0313. The molecule has 1 N–H and O–H groups in total. The molecule has 0 aliphatic rings. The van der Waals surface area contributed by atoms with Crippen LogP contribution in [-0.2, 0) is 11.2 Å². The number of halogens is 2. The highest BCUT2D eigenvalue weighted by atomic mass is 32.1. The third kappa shape index (κ3) is 3.76. The number of carbonyl (C=O) groups excluding carboxylic acids is 1. The zero-order valence-corrected chi connectivity index (χ0v) is 12.4. The Hall–Kier alpha value is -1.48. The molecule has 0 radical (unpaired) electrons. The predicted octanol–water partition coefficient (Wildman–Crippen LogP) is 3.24. The fourth-order valence-corrected chi connectivity index (χ4v) is 2.82. The second-order valence-electron chi connectivity index (χ2n) is 4.30. The van der Waals surface area contributed by atoms with Gasteiger partial charge in [-0.1, -0.05) is 25.2 Å². The Morgan fingerprint density at radius 1 is 1.35 bits per heavy atom. The molecule has 0 saturated heterocycles. The Balaban J connectivity index is 1.94. The average molecular weight is 318 g/mol. The van der Waals surface area contributed by atoms with E-state index in [-0.39, 0.29) is 17.5 Å². The van der Waals surface area contributed by atoms with E-state index in [1.54, 1.807) is 0 Å². The van der Waals surface area contributed by atoms with Crippen LogP contribution in [0.1, 0.15) is 41.9 Å². The first-order valence-corrected chi connectivity index (χ1v) is 7.51. The number of carbonyl (C=O) groups is 1. The van der Waals surface area contributed by atoms with Gasteiger partial charge >= 0.3 is 0 Å². The summed E-state index contributed by atoms with van der Waals surface area (Å²) in [7, 11) is 0. The van der Waals surface area contributed by atoms with Crippen LogP contribution in [0.25, 0.3) is 0 Å². The highest BCUT2D eigenvalue weighted by Gasteiger charge is 2.16. The standard InChI is InChI=1S/C11H12F2N4OS2/c1-5(2)9-14-6(4-19-9)3-7(18)15-11-17-16-10(20-11)8(12)13/h4-5,8H,3H2,1-2H3,(H,15,17,18). The Morgan fingerprint density at radius 3 is 2.65 bits per heavy atom. The molecular formula is C11H12F2N4OS2. The number of hydrogen-bond donors (Lipinski definition) is 1. The van der Waals surface area contributed by atoms with Gasteiger partial charge in [0.2, 0.25) is 11.0 Å². The number of alkyl halides is 2. The molecule has 2 heterocycles. The van der Waals surface area contributed by atoms with Crippen molar-refractivity contribution in [3.05, 3.63) is 21.1 Å². The van der Waals surface area contributed by atoms with Crippen molar-refractivity contribution in [1.29, 1.82) is 0 Å². The van der Waals surface area contributed by atoms with Crippen LogP contribution in [0.4, 0.5) is 13.9 Å². The second kappa shape index (κ2) is 6.31. The molecule has 2 aromatic heterocycles. The van der Waals surface area contributed by atoms with E-state index in [9.17, 15) is 13.6 Å². The maximum atomic E-state index is 12.3. The molecule has 0 aliphatic heterocycles. The number of anilines is 1. The van der Waals surface area contributed by atoms with Crippen LogP contribution in [0.5, 0.6) is 0 Å². The molecule has 20 heavy (non-hydrogen) atoms. The monoisotopic (exact) mass is 318 g/mol. The largest absolute Gasteiger partial charge is 0.300 e. The number of nitrogens with zero attached hydrogens (tertiary/aromatic N) is 3. The van der Waals surface area contributed by atoms with E-state index in [0.29, 0.717) is 22.9 Å². The van der Waals surface area contributed by atoms with Crippen LogP contribution in [0.3, 0.4) is 0 Å². The van der Waals surface area contributed by atoms with E-state index in [2.05, 4.69) is 20.5 Å². The summed E-state index contributed by atoms with van der Waals surface area (Å²) >= 11 is 2.17. The quantitative estimate of drug-likeness (QED) is 0.919. The van der Waals surface area contributed by atoms with Crippen molar-refractivity contribution < 1.29 is 13.6 Å². The van der Waals surface area contributed by atoms with Crippen molar-refractivity contribution in [2.24, 2.45) is 0 Å². The lowest BCUT2D eigenvalue weighted by molar-refractivity contribution is -0.115. The van der Waals surface area contributed by atoms with Crippen molar-refractivity contribution in [3.8, 4) is 0 Å². The smallest absolute Gasteiger partial charge is 0.291 e. The SMILES string of the molecule is CC(C)c1nc(CC(=O)Nc2nnc(C(F)F)s2)cs1. The van der Waals surface area contributed by atoms with Crippen LogP contribution in [0.15, 0.2) is 5.38 Å². The maximum Gasteiger partial charge on any atom is 0.291 e. The Kier molecular flexibility index (Phi) is 4.71. The Morgan fingerprint density at radius 2 is 2.10 bits per heavy atom. The van der Waals surface area contributed by atoms with Crippen molar-refractivity contribution >= 4 is 33.7 Å². The van der Waals surface area contributed by atoms with E-state index < -0.39 is 11.4 Å². The third-order valence-corrected chi connectivity index (χ3v) is 4.32. The summed E-state index contributed by atoms with van der Waals surface area (Å²) in [6.07, 6.45) is -2.59. The van der Waals surface area contributed by atoms with Gasteiger partial charge in [-0.2, -0.15) is 0 Å². The van der Waals surface area contributed by atoms with E-state index >= 15 is 0 Å². The number of aromatic nitrogens is 3. The first-order valence-electron chi connectivity index (χ1n) is 5.81. The lowest BCUT2D eigenvalue weighted by Crippen LogP contribution is -2.14. The van der Waals surface area contributed by atoms with Crippen LogP contribution < -0.4 is 5.32 Å². The molecule has 2 rings (SSSR count). The molecule has 5 nitrogen and oxygen atoms in total. The van der Waals surface area contributed by atoms with Gasteiger partial charge in [-0.05, 0) is 0 Å². The van der Waals surface area contributed by atoms with E-state index in [0.717, 1.165) is 5.01 Å². The molecule has 0 bridgehead atoms. The second-order valence-corrected chi connectivity index (χ2v) is 6.20. The molecule has 108 valence electrons. The fourth-order valence-electron chi connectivity index (χ4n) is 1.37. The number of amides is 1. The van der Waals surface area contributed by atoms with Crippen molar-refractivity contribution in [2.75, 3.05) is 5.32 Å². The molecule has 0 atom stereocenters. The fraction of sp³-hybridized carbons (Fsp3) is 0.455. The highest BCUT2D eigenvalue weighted by molar-refractivity contribution is 7.15. The van der Waals surface area contributed by atoms with Crippen LogP contribution in [0, 0.1) is 0 Å². The molecule has 0 aliphatic carbocycles. The molecule has 0 saturated carbocycles. The lowest BCUT2D eigenvalue weighted by atomic mass is 10.2. The Labute approximate surface area is 122 Å². The van der Waals surface area contributed by atoms with Gasteiger partial charge in [0.1, 0.15) is 0 Å². The van der Waals surface area contributed by atoms with E-state index in [1.165, 1.54) is 11.3 Å². The van der Waals surface area contributed by atoms with Crippen molar-refractivity contribution in [2.45, 2.75) is 32.6 Å². The first kappa shape index (κ1) is 14.9. The molecule has 0 fully saturated rings. The van der Waals surface area contributed by atoms with Crippen molar-refractivity contribution in [1.82, 2.24) is 15.2 Å². The summed E-state index contributed by atoms with van der Waals surface area (Å²) in [5, 5.41) is 11.7. The molecule has 0 aromatic carbocycles. The van der Waals surface area contributed by atoms with Gasteiger partial charge in [0.15, 0.2) is 5.01 Å². The molecule has 0 spiro atoms. The topological polar surface area (TPSA) is 67.8 Å². The number of hydrogen-bond acceptors (Lipinski definition) is 6. The molecule has 0 unspecified atom stereocenters. The Bertz CT molecular complexity index is 547. The number of rotatable bonds is 5. The molecular weight excluding hydrogens is 306 g/mol. The van der Waals surface area contributed by atoms with E-state index in [4.69, 9.17) is 0 Å². The maximum absolute atomic E-state index is 12.3. The van der Waals surface area contributed by atoms with Crippen molar-refractivity contribution in [3.63, 3.8) is 0 Å². The van der Waals surface area contributed by atoms with Gasteiger partial charge in [-0.3, -0.25) is 4.79 Å². The minimum absolute atomic E-state index is 0.0737. The molecule has 9 heteroatoms. The zero-order chi connectivity index (χ0) is 14.7. The minimum atomic E-state index is -2.68. The zero-order valence-electron chi connectivity index (χ0n) is 10.8. The van der Waals surface area contributed by atoms with Crippen LogP contribution in [0.2, 0.25) is 0 Å². The molecule has 1 amide bonds. The van der Waals surface area contributed by atoms with Gasteiger partial charge in [0, 0.05) is 11.3 Å². The molecule has 2 aromatic rings. The summed E-state index contributed by atoms with van der Waals surface area (Å²) in [6, 6.07) is 0. The number of nitrogens with one attached hydrogen (secondary N) is 1. The summed E-state index contributed by atoms with van der Waals surface area (Å²) < 4.78 is 24.7. The summed E-state index contributed by atoms with van der Waals surface area (Å²) in [4.78, 5) is 16.1. The third-order valence-electron chi connectivity index (χ3n) is 2.28. The lowest BCUT2D eigenvalue weighted by Gasteiger charge is -1.99. The predicted molar refractivity (Wildman–Crippen MR) is 73.4 cm³/mol. The van der Waals surface area contributed by atoms with Gasteiger partial charge in [0.25, 0.3) is 6.43 Å². The van der Waals surface area contributed by atoms with Gasteiger partial charge in [-0.25, -0.2) is 13.8 Å². The van der Waals surface area contributed by atoms with Gasteiger partial charge in [-0.15, -0.1) is 21.5 Å². The first-order chi connectivity index (χ1) is 9.45. The minimum Gasteiger partial charge on any atom is -0.300 e. The number of thiazole rings is 1. The van der Waals surface area contributed by atoms with E-state index in [1.807, 2.05) is 19.2 Å². The van der Waals surface area contributed by atoms with Crippen LogP contribution in [-0.4, -0.2) is 21.1 Å². The summed E-state index contributed by atoms with van der Waals surface area (Å²) in [5.41, 5.74) is 0.662. The van der Waals surface area contributed by atoms with Gasteiger partial charge < -0.3 is 5.32 Å². The summed E-state index contributed by atoms with van der Waals surface area (Å²) in [6.45, 7) is 4.05. The van der Waals surface area contributed by atoms with Crippen LogP contribution >= 0.6 is 22.7 Å².